The van der Waals surface area contributed by atoms with E-state index in [0.717, 1.165) is 48.5 Å². The fraction of sp³-hybridized carbons (Fsp3) is 0.174. The fourth-order valence-corrected chi connectivity index (χ4v) is 4.29. The predicted octanol–water partition coefficient (Wildman–Crippen LogP) is 5.37. The number of nitrogens with one attached hydrogen (secondary N) is 1. The Morgan fingerprint density at radius 1 is 0.684 bits per heavy atom. The third-order valence-corrected chi connectivity index (χ3v) is 7.37. The first-order valence-corrected chi connectivity index (χ1v) is 13.9. The summed E-state index contributed by atoms with van der Waals surface area (Å²) in [7, 11) is -11.5. The number of amides is 2. The van der Waals surface area contributed by atoms with Crippen LogP contribution in [-0.2, 0) is 33.5 Å². The van der Waals surface area contributed by atoms with E-state index in [9.17, 15) is 31.5 Å². The van der Waals surface area contributed by atoms with E-state index < -0.39 is 43.7 Å². The van der Waals surface area contributed by atoms with Gasteiger partial charge in [-0.3, -0.25) is 9.13 Å². The van der Waals surface area contributed by atoms with Crippen molar-refractivity contribution in [1.29, 1.82) is 0 Å². The molecule has 204 valence electrons. The van der Waals surface area contributed by atoms with Crippen molar-refractivity contribution in [2.45, 2.75) is 24.4 Å². The number of carbonyl (C=O) groups excluding carboxylic acids is 1. The van der Waals surface area contributed by atoms with Gasteiger partial charge in [-0.2, -0.15) is 17.6 Å². The molecule has 0 atom stereocenters. The van der Waals surface area contributed by atoms with Gasteiger partial charge in [0.1, 0.15) is 0 Å². The van der Waals surface area contributed by atoms with Crippen LogP contribution < -0.4 is 5.32 Å². The standard InChI is InChI=1S/C23H22F4N2O7P2/c24-22(25,37(31,32)33)18-10-6-16(7-11-18)14-29(21(30)28-20-4-2-1-3-5-20)15-17-8-12-19(13-9-17)23(26,27)38(34,35)36/h1-13H,14-15H2,(H,28,30)(H2,31,32,33)(H2,34,35,36). The molecule has 0 aliphatic heterocycles. The minimum absolute atomic E-state index is 0.180. The Bertz CT molecular complexity index is 1280. The van der Waals surface area contributed by atoms with Gasteiger partial charge in [-0.25, -0.2) is 4.79 Å². The van der Waals surface area contributed by atoms with Crippen molar-refractivity contribution in [3.05, 3.63) is 101 Å². The van der Waals surface area contributed by atoms with Crippen molar-refractivity contribution in [3.8, 4) is 0 Å². The van der Waals surface area contributed by atoms with Gasteiger partial charge in [-0.15, -0.1) is 0 Å². The summed E-state index contributed by atoms with van der Waals surface area (Å²) in [4.78, 5) is 49.9. The lowest BCUT2D eigenvalue weighted by molar-refractivity contribution is 0.0564. The highest BCUT2D eigenvalue weighted by Gasteiger charge is 2.51. The number of hydrogen-bond acceptors (Lipinski definition) is 3. The third-order valence-electron chi connectivity index (χ3n) is 5.39. The smallest absolute Gasteiger partial charge is 0.320 e. The zero-order chi connectivity index (χ0) is 28.4. The quantitative estimate of drug-likeness (QED) is 0.170. The van der Waals surface area contributed by atoms with Crippen LogP contribution in [0.1, 0.15) is 22.3 Å². The molecule has 0 bridgehead atoms. The largest absolute Gasteiger partial charge is 0.399 e. The van der Waals surface area contributed by atoms with Crippen LogP contribution in [0, 0.1) is 0 Å². The van der Waals surface area contributed by atoms with E-state index in [-0.39, 0.29) is 13.1 Å². The van der Waals surface area contributed by atoms with Gasteiger partial charge in [0.15, 0.2) is 0 Å². The molecule has 2 amide bonds. The minimum Gasteiger partial charge on any atom is -0.320 e. The Kier molecular flexibility index (Phi) is 8.52. The van der Waals surface area contributed by atoms with Crippen molar-refractivity contribution in [2.75, 3.05) is 5.32 Å². The van der Waals surface area contributed by atoms with Crippen molar-refractivity contribution < 1.29 is 51.1 Å². The van der Waals surface area contributed by atoms with Gasteiger partial charge in [0.05, 0.1) is 0 Å². The van der Waals surface area contributed by atoms with Gasteiger partial charge in [0.25, 0.3) is 0 Å². The van der Waals surface area contributed by atoms with Crippen LogP contribution in [0.3, 0.4) is 0 Å². The molecular weight excluding hydrogens is 554 g/mol. The number of alkyl halides is 4. The maximum atomic E-state index is 14.0. The summed E-state index contributed by atoms with van der Waals surface area (Å²) in [6, 6.07) is 15.5. The highest BCUT2D eigenvalue weighted by molar-refractivity contribution is 7.52. The van der Waals surface area contributed by atoms with Crippen LogP contribution in [0.25, 0.3) is 0 Å². The topological polar surface area (TPSA) is 147 Å². The van der Waals surface area contributed by atoms with Crippen LogP contribution in [0.4, 0.5) is 28.0 Å². The number of hydrogen-bond donors (Lipinski definition) is 5. The Hall–Kier alpha value is -3.05. The molecule has 0 aliphatic rings. The van der Waals surface area contributed by atoms with Crippen molar-refractivity contribution in [2.24, 2.45) is 0 Å². The molecule has 9 nitrogen and oxygen atoms in total. The maximum absolute atomic E-state index is 14.0. The monoisotopic (exact) mass is 576 g/mol. The highest BCUT2D eigenvalue weighted by atomic mass is 31.2. The maximum Gasteiger partial charge on any atom is 0.399 e. The van der Waals surface area contributed by atoms with Crippen LogP contribution in [0.5, 0.6) is 0 Å². The Balaban J connectivity index is 1.86. The van der Waals surface area contributed by atoms with Gasteiger partial charge in [0.2, 0.25) is 0 Å². The zero-order valence-corrected chi connectivity index (χ0v) is 21.1. The summed E-state index contributed by atoms with van der Waals surface area (Å²) in [5.74, 6) is 0. The molecule has 5 N–H and O–H groups in total. The lowest BCUT2D eigenvalue weighted by Crippen LogP contribution is -2.34. The van der Waals surface area contributed by atoms with Crippen LogP contribution >= 0.6 is 15.2 Å². The van der Waals surface area contributed by atoms with E-state index in [1.807, 2.05) is 0 Å². The minimum atomic E-state index is -5.77. The number of para-hydroxylation sites is 1. The molecule has 0 heterocycles. The van der Waals surface area contributed by atoms with Crippen LogP contribution in [0.15, 0.2) is 78.9 Å². The molecule has 0 aliphatic carbocycles. The second kappa shape index (κ2) is 11.0. The van der Waals surface area contributed by atoms with Gasteiger partial charge in [0, 0.05) is 29.9 Å². The molecule has 0 unspecified atom stereocenters. The predicted molar refractivity (Wildman–Crippen MR) is 129 cm³/mol. The number of carbonyl (C=O) groups is 1. The summed E-state index contributed by atoms with van der Waals surface area (Å²) in [6.07, 6.45) is 0. The van der Waals surface area contributed by atoms with Crippen LogP contribution in [-0.4, -0.2) is 30.5 Å². The van der Waals surface area contributed by atoms with E-state index in [4.69, 9.17) is 19.6 Å². The second-order valence-electron chi connectivity index (χ2n) is 8.22. The number of halogens is 4. The number of urea groups is 1. The molecule has 0 saturated heterocycles. The average Bonchev–Trinajstić information content (AvgIpc) is 2.83. The van der Waals surface area contributed by atoms with Gasteiger partial charge >= 0.3 is 32.5 Å². The third kappa shape index (κ3) is 6.68. The van der Waals surface area contributed by atoms with Crippen LogP contribution in [0.2, 0.25) is 0 Å². The summed E-state index contributed by atoms with van der Waals surface area (Å²) < 4.78 is 78.1. The summed E-state index contributed by atoms with van der Waals surface area (Å²) in [6.45, 7) is -0.359. The normalized spacial score (nSPS) is 12.7. The number of nitrogens with zero attached hydrogens (tertiary/aromatic N) is 1. The molecule has 0 aromatic heterocycles. The summed E-state index contributed by atoms with van der Waals surface area (Å²) >= 11 is 0. The zero-order valence-electron chi connectivity index (χ0n) is 19.3. The molecular formula is C23H22F4N2O7P2. The SMILES string of the molecule is O=C(Nc1ccccc1)N(Cc1ccc(C(F)(F)P(=O)(O)O)cc1)Cc1ccc(C(F)(F)P(=O)(O)O)cc1. The molecule has 3 rings (SSSR count). The molecule has 0 fully saturated rings. The van der Waals surface area contributed by atoms with Gasteiger partial charge < -0.3 is 29.8 Å². The molecule has 15 heteroatoms. The number of benzene rings is 3. The molecule has 38 heavy (non-hydrogen) atoms. The van der Waals surface area contributed by atoms with Gasteiger partial charge in [-0.05, 0) is 23.3 Å². The Morgan fingerprint density at radius 2 is 1.05 bits per heavy atom. The number of rotatable bonds is 9. The first-order chi connectivity index (χ1) is 17.5. The van der Waals surface area contributed by atoms with E-state index in [1.54, 1.807) is 30.3 Å². The molecule has 3 aromatic carbocycles. The van der Waals surface area contributed by atoms with E-state index >= 15 is 0 Å². The van der Waals surface area contributed by atoms with Gasteiger partial charge in [-0.1, -0.05) is 66.7 Å². The van der Waals surface area contributed by atoms with Crippen molar-refractivity contribution >= 4 is 26.9 Å². The molecule has 0 saturated carbocycles. The first kappa shape index (κ1) is 29.5. The molecule has 0 radical (unpaired) electrons. The Morgan fingerprint density at radius 3 is 1.39 bits per heavy atom. The summed E-state index contributed by atoms with van der Waals surface area (Å²) in [5, 5.41) is 2.63. The number of anilines is 1. The van der Waals surface area contributed by atoms with Crippen molar-refractivity contribution in [1.82, 2.24) is 4.90 Å². The molecule has 3 aromatic rings. The molecule has 0 spiro atoms. The summed E-state index contributed by atoms with van der Waals surface area (Å²) in [5.41, 5.74) is -9.62. The fourth-order valence-electron chi connectivity index (χ4n) is 3.32. The average molecular weight is 576 g/mol. The second-order valence-corrected chi connectivity index (χ2v) is 11.5. The van der Waals surface area contributed by atoms with E-state index in [1.165, 1.54) is 4.90 Å². The Labute approximate surface area is 214 Å². The highest BCUT2D eigenvalue weighted by Crippen LogP contribution is 2.60. The first-order valence-electron chi connectivity index (χ1n) is 10.7. The van der Waals surface area contributed by atoms with Crippen molar-refractivity contribution in [3.63, 3.8) is 0 Å². The van der Waals surface area contributed by atoms with E-state index in [2.05, 4.69) is 5.32 Å². The lowest BCUT2D eigenvalue weighted by Gasteiger charge is -2.24. The van der Waals surface area contributed by atoms with E-state index in [0.29, 0.717) is 16.8 Å². The lowest BCUT2D eigenvalue weighted by atomic mass is 10.1.